The summed E-state index contributed by atoms with van der Waals surface area (Å²) in [5.74, 6) is -0.653. The molecule has 1 aliphatic heterocycles. The summed E-state index contributed by atoms with van der Waals surface area (Å²) in [4.78, 5) is 39.3. The van der Waals surface area contributed by atoms with Crippen LogP contribution in [-0.2, 0) is 20.9 Å². The van der Waals surface area contributed by atoms with E-state index in [4.69, 9.17) is 14.6 Å². The van der Waals surface area contributed by atoms with E-state index in [1.807, 2.05) is 17.5 Å². The smallest absolute Gasteiger partial charge is 0.410 e. The summed E-state index contributed by atoms with van der Waals surface area (Å²) in [6, 6.07) is 10.6. The highest BCUT2D eigenvalue weighted by Crippen LogP contribution is 2.14. The maximum Gasteiger partial charge on any atom is 0.410 e. The largest absolute Gasteiger partial charge is 0.484 e. The van der Waals surface area contributed by atoms with Gasteiger partial charge in [-0.05, 0) is 35.2 Å². The molecule has 1 aromatic heterocycles. The average molecular weight is 430 g/mol. The minimum absolute atomic E-state index is 0.104. The summed E-state index contributed by atoms with van der Waals surface area (Å²) >= 11 is 1.53. The Balaban J connectivity index is 1.38. The molecule has 2 heterocycles. The molecule has 0 aliphatic carbocycles. The Hall–Kier alpha value is -3.33. The summed E-state index contributed by atoms with van der Waals surface area (Å²) in [5.41, 5.74) is 0.721. The van der Waals surface area contributed by atoms with Crippen molar-refractivity contribution in [2.75, 3.05) is 32.8 Å². The quantitative estimate of drug-likeness (QED) is 0.679. The molecule has 0 bridgehead atoms. The first-order valence-electron chi connectivity index (χ1n) is 9.37. The van der Waals surface area contributed by atoms with Gasteiger partial charge >= 0.3 is 12.1 Å². The predicted octanol–water partition coefficient (Wildman–Crippen LogP) is 2.71. The highest BCUT2D eigenvalue weighted by atomic mass is 32.1. The lowest BCUT2D eigenvalue weighted by Gasteiger charge is -2.34. The highest BCUT2D eigenvalue weighted by molar-refractivity contribution is 7.09. The van der Waals surface area contributed by atoms with E-state index in [0.29, 0.717) is 31.9 Å². The van der Waals surface area contributed by atoms with Crippen LogP contribution in [0.3, 0.4) is 0 Å². The normalized spacial score (nSPS) is 14.0. The van der Waals surface area contributed by atoms with Crippen molar-refractivity contribution in [3.05, 3.63) is 58.3 Å². The van der Waals surface area contributed by atoms with E-state index in [1.165, 1.54) is 17.4 Å². The molecular weight excluding hydrogens is 408 g/mol. The summed E-state index contributed by atoms with van der Waals surface area (Å²) in [6.45, 7) is 1.84. The second kappa shape index (κ2) is 10.4. The number of hydrogen-bond donors (Lipinski definition) is 1. The molecular formula is C21H22N2O6S. The van der Waals surface area contributed by atoms with Crippen molar-refractivity contribution in [1.82, 2.24) is 9.80 Å². The number of thiophene rings is 1. The summed E-state index contributed by atoms with van der Waals surface area (Å²) in [5, 5.41) is 10.6. The molecule has 9 heteroatoms. The molecule has 2 aromatic rings. The van der Waals surface area contributed by atoms with Crippen molar-refractivity contribution in [3.63, 3.8) is 0 Å². The van der Waals surface area contributed by atoms with Gasteiger partial charge in [-0.15, -0.1) is 11.3 Å². The average Bonchev–Trinajstić information content (AvgIpc) is 3.29. The van der Waals surface area contributed by atoms with Crippen molar-refractivity contribution in [1.29, 1.82) is 0 Å². The summed E-state index contributed by atoms with van der Waals surface area (Å²) in [6.07, 6.45) is 2.16. The van der Waals surface area contributed by atoms with Crippen LogP contribution in [0.4, 0.5) is 4.79 Å². The van der Waals surface area contributed by atoms with E-state index in [2.05, 4.69) is 0 Å². The number of amides is 2. The lowest BCUT2D eigenvalue weighted by Crippen LogP contribution is -2.51. The van der Waals surface area contributed by atoms with Crippen LogP contribution in [0, 0.1) is 0 Å². The maximum absolute atomic E-state index is 12.4. The summed E-state index contributed by atoms with van der Waals surface area (Å²) in [7, 11) is 0. The second-order valence-corrected chi connectivity index (χ2v) is 7.56. The molecule has 1 aliphatic rings. The van der Waals surface area contributed by atoms with Gasteiger partial charge in [-0.3, -0.25) is 4.79 Å². The van der Waals surface area contributed by atoms with E-state index < -0.39 is 5.97 Å². The minimum atomic E-state index is -1.02. The lowest BCUT2D eigenvalue weighted by atomic mass is 10.2. The van der Waals surface area contributed by atoms with Gasteiger partial charge in [0.25, 0.3) is 5.91 Å². The van der Waals surface area contributed by atoms with E-state index in [9.17, 15) is 14.4 Å². The third-order valence-electron chi connectivity index (χ3n) is 4.47. The van der Waals surface area contributed by atoms with Crippen molar-refractivity contribution < 1.29 is 29.0 Å². The Morgan fingerprint density at radius 2 is 1.73 bits per heavy atom. The van der Waals surface area contributed by atoms with Gasteiger partial charge in [-0.25, -0.2) is 9.59 Å². The lowest BCUT2D eigenvalue weighted by molar-refractivity contribution is -0.135. The number of carboxylic acid groups (broad SMARTS) is 1. The molecule has 1 saturated heterocycles. The first-order chi connectivity index (χ1) is 14.5. The number of nitrogens with zero attached hydrogens (tertiary/aromatic N) is 2. The molecule has 8 nitrogen and oxygen atoms in total. The van der Waals surface area contributed by atoms with Gasteiger partial charge in [0, 0.05) is 37.1 Å². The third kappa shape index (κ3) is 6.35. The Kier molecular flexibility index (Phi) is 7.45. The van der Waals surface area contributed by atoms with Gasteiger partial charge in [0.05, 0.1) is 0 Å². The Labute approximate surface area is 177 Å². The fourth-order valence-electron chi connectivity index (χ4n) is 2.84. The van der Waals surface area contributed by atoms with E-state index >= 15 is 0 Å². The number of carbonyl (C=O) groups is 3. The van der Waals surface area contributed by atoms with Crippen molar-refractivity contribution in [2.24, 2.45) is 0 Å². The number of carboxylic acids is 1. The zero-order chi connectivity index (χ0) is 21.3. The maximum atomic E-state index is 12.4. The van der Waals surface area contributed by atoms with Gasteiger partial charge in [0.1, 0.15) is 12.4 Å². The molecule has 30 heavy (non-hydrogen) atoms. The fourth-order valence-corrected chi connectivity index (χ4v) is 3.45. The second-order valence-electron chi connectivity index (χ2n) is 6.53. The van der Waals surface area contributed by atoms with Gasteiger partial charge in [0.15, 0.2) is 6.61 Å². The van der Waals surface area contributed by atoms with Gasteiger partial charge in [0.2, 0.25) is 0 Å². The zero-order valence-corrected chi connectivity index (χ0v) is 17.0. The van der Waals surface area contributed by atoms with Crippen LogP contribution >= 0.6 is 11.3 Å². The third-order valence-corrected chi connectivity index (χ3v) is 5.32. The Morgan fingerprint density at radius 1 is 1.03 bits per heavy atom. The van der Waals surface area contributed by atoms with E-state index in [-0.39, 0.29) is 25.2 Å². The molecule has 0 atom stereocenters. The molecule has 2 amide bonds. The number of rotatable bonds is 7. The molecule has 0 saturated carbocycles. The minimum Gasteiger partial charge on any atom is -0.484 e. The van der Waals surface area contributed by atoms with E-state index in [0.717, 1.165) is 16.5 Å². The standard InChI is InChI=1S/C21H22N2O6S/c24-19(15-28-17-6-3-16(4-7-17)5-8-20(25)26)22-9-11-23(12-10-22)21(27)29-14-18-2-1-13-30-18/h1-8,13H,9-12,14-15H2,(H,25,26)/b8-5+. The van der Waals surface area contributed by atoms with Crippen LogP contribution in [0.15, 0.2) is 47.9 Å². The van der Waals surface area contributed by atoms with Crippen LogP contribution in [0.1, 0.15) is 10.4 Å². The van der Waals surface area contributed by atoms with Crippen molar-refractivity contribution in [3.8, 4) is 5.75 Å². The number of aliphatic carboxylic acids is 1. The number of hydrogen-bond acceptors (Lipinski definition) is 6. The van der Waals surface area contributed by atoms with Crippen LogP contribution in [0.5, 0.6) is 5.75 Å². The van der Waals surface area contributed by atoms with E-state index in [1.54, 1.807) is 34.1 Å². The highest BCUT2D eigenvalue weighted by Gasteiger charge is 2.25. The topological polar surface area (TPSA) is 96.4 Å². The monoisotopic (exact) mass is 430 g/mol. The fraction of sp³-hybridized carbons (Fsp3) is 0.286. The molecule has 0 radical (unpaired) electrons. The molecule has 158 valence electrons. The molecule has 0 unspecified atom stereocenters. The first-order valence-corrected chi connectivity index (χ1v) is 10.2. The zero-order valence-electron chi connectivity index (χ0n) is 16.2. The number of piperazine rings is 1. The molecule has 1 fully saturated rings. The molecule has 3 rings (SSSR count). The number of benzene rings is 1. The van der Waals surface area contributed by atoms with Crippen LogP contribution in [-0.4, -0.2) is 65.7 Å². The molecule has 1 aromatic carbocycles. The van der Waals surface area contributed by atoms with Crippen LogP contribution in [0.25, 0.3) is 6.08 Å². The Bertz CT molecular complexity index is 887. The van der Waals surface area contributed by atoms with Crippen LogP contribution < -0.4 is 4.74 Å². The van der Waals surface area contributed by atoms with Crippen LogP contribution in [0.2, 0.25) is 0 Å². The van der Waals surface area contributed by atoms with Crippen molar-refractivity contribution >= 4 is 35.4 Å². The Morgan fingerprint density at radius 3 is 2.37 bits per heavy atom. The number of ether oxygens (including phenoxy) is 2. The van der Waals surface area contributed by atoms with Crippen molar-refractivity contribution in [2.45, 2.75) is 6.61 Å². The summed E-state index contributed by atoms with van der Waals surface area (Å²) < 4.78 is 10.8. The SMILES string of the molecule is O=C(O)/C=C/c1ccc(OCC(=O)N2CCN(C(=O)OCc3cccs3)CC2)cc1. The predicted molar refractivity (Wildman–Crippen MR) is 111 cm³/mol. The molecule has 1 N–H and O–H groups in total. The van der Waals surface area contributed by atoms with Gasteiger partial charge in [-0.1, -0.05) is 18.2 Å². The molecule has 0 spiro atoms. The van der Waals surface area contributed by atoms with Gasteiger partial charge in [-0.2, -0.15) is 0 Å². The number of carbonyl (C=O) groups excluding carboxylic acids is 2. The van der Waals surface area contributed by atoms with Gasteiger partial charge < -0.3 is 24.4 Å². The first kappa shape index (κ1) is 21.4.